The molecule has 1 saturated heterocycles. The minimum absolute atomic E-state index is 0.224. The Balaban J connectivity index is 0.00000117. The lowest BCUT2D eigenvalue weighted by atomic mass is 9.98. The number of aromatic nitrogens is 3. The molecule has 2 aromatic heterocycles. The Morgan fingerprint density at radius 3 is 2.35 bits per heavy atom. The second-order valence-corrected chi connectivity index (χ2v) is 7.94. The van der Waals surface area contributed by atoms with Crippen LogP contribution < -0.4 is 0 Å². The van der Waals surface area contributed by atoms with Crippen molar-refractivity contribution in [3.05, 3.63) is 29.7 Å². The molecule has 0 unspecified atom stereocenters. The van der Waals surface area contributed by atoms with Crippen molar-refractivity contribution in [1.29, 1.82) is 0 Å². The van der Waals surface area contributed by atoms with Crippen molar-refractivity contribution >= 4 is 17.4 Å². The Bertz CT molecular complexity index is 689. The topological polar surface area (TPSA) is 68.2 Å². The third-order valence-corrected chi connectivity index (χ3v) is 4.96. The fourth-order valence-corrected chi connectivity index (χ4v) is 3.68. The molecule has 6 nitrogen and oxygen atoms in total. The summed E-state index contributed by atoms with van der Waals surface area (Å²) in [7, 11) is 0. The van der Waals surface area contributed by atoms with Gasteiger partial charge in [0.25, 0.3) is 0 Å². The Morgan fingerprint density at radius 1 is 1.15 bits per heavy atom. The van der Waals surface area contributed by atoms with E-state index in [2.05, 4.69) is 15.0 Å². The van der Waals surface area contributed by atoms with Gasteiger partial charge >= 0.3 is 6.09 Å². The van der Waals surface area contributed by atoms with E-state index in [1.165, 1.54) is 0 Å². The minimum Gasteiger partial charge on any atom is -0.444 e. The second kappa shape index (κ2) is 9.07. The summed E-state index contributed by atoms with van der Waals surface area (Å²) >= 11 is 1.64. The predicted molar refractivity (Wildman–Crippen MR) is 104 cm³/mol. The first kappa shape index (κ1) is 20.3. The van der Waals surface area contributed by atoms with Crippen LogP contribution in [-0.4, -0.2) is 44.6 Å². The number of carbonyl (C=O) groups is 1. The molecular formula is C19H28N4O2S. The highest BCUT2D eigenvalue weighted by Crippen LogP contribution is 2.34. The van der Waals surface area contributed by atoms with Crippen LogP contribution in [0.4, 0.5) is 4.79 Å². The average Bonchev–Trinajstić information content (AvgIpc) is 3.13. The summed E-state index contributed by atoms with van der Waals surface area (Å²) in [5.41, 5.74) is -0.451. The molecule has 0 N–H and O–H groups in total. The molecule has 26 heavy (non-hydrogen) atoms. The zero-order chi connectivity index (χ0) is 19.2. The van der Waals surface area contributed by atoms with Gasteiger partial charge in [-0.1, -0.05) is 13.8 Å². The van der Waals surface area contributed by atoms with Gasteiger partial charge in [-0.2, -0.15) is 0 Å². The average molecular weight is 377 g/mol. The van der Waals surface area contributed by atoms with Gasteiger partial charge in [-0.25, -0.2) is 19.7 Å². The number of nitrogens with zero attached hydrogens (tertiary/aromatic N) is 4. The van der Waals surface area contributed by atoms with E-state index in [0.29, 0.717) is 24.8 Å². The molecule has 142 valence electrons. The molecule has 0 bridgehead atoms. The van der Waals surface area contributed by atoms with Crippen molar-refractivity contribution in [2.45, 2.75) is 59.0 Å². The van der Waals surface area contributed by atoms with Gasteiger partial charge in [0.15, 0.2) is 5.82 Å². The van der Waals surface area contributed by atoms with Gasteiger partial charge < -0.3 is 9.64 Å². The SMILES string of the molecule is CC.CC(C)(C)OC(=O)N1CCC(c2ncc(-c3ncccn3)s2)CC1. The summed E-state index contributed by atoms with van der Waals surface area (Å²) in [6.45, 7) is 11.1. The molecule has 0 aliphatic carbocycles. The molecule has 0 saturated carbocycles. The molecule has 1 amide bonds. The number of hydrogen-bond acceptors (Lipinski definition) is 6. The Hall–Kier alpha value is -2.02. The van der Waals surface area contributed by atoms with Gasteiger partial charge in [-0.15, -0.1) is 11.3 Å². The number of piperidine rings is 1. The van der Waals surface area contributed by atoms with Crippen LogP contribution >= 0.6 is 11.3 Å². The van der Waals surface area contributed by atoms with Gasteiger partial charge in [-0.05, 0) is 39.7 Å². The zero-order valence-electron chi connectivity index (χ0n) is 16.2. The summed E-state index contributed by atoms with van der Waals surface area (Å²) < 4.78 is 5.44. The van der Waals surface area contributed by atoms with Crippen molar-refractivity contribution in [2.24, 2.45) is 0 Å². The van der Waals surface area contributed by atoms with Crippen LogP contribution in [0.25, 0.3) is 10.7 Å². The number of amides is 1. The van der Waals surface area contributed by atoms with Crippen molar-refractivity contribution in [3.63, 3.8) is 0 Å². The van der Waals surface area contributed by atoms with Gasteiger partial charge in [0.05, 0.1) is 9.88 Å². The van der Waals surface area contributed by atoms with Gasteiger partial charge in [0.1, 0.15) is 5.60 Å². The monoisotopic (exact) mass is 376 g/mol. The lowest BCUT2D eigenvalue weighted by Crippen LogP contribution is -2.41. The molecule has 1 aliphatic rings. The molecule has 0 aromatic carbocycles. The molecule has 7 heteroatoms. The zero-order valence-corrected chi connectivity index (χ0v) is 17.0. The molecule has 0 spiro atoms. The van der Waals surface area contributed by atoms with Crippen LogP contribution in [0.1, 0.15) is 58.4 Å². The predicted octanol–water partition coefficient (Wildman–Crippen LogP) is 4.74. The van der Waals surface area contributed by atoms with E-state index in [-0.39, 0.29) is 6.09 Å². The van der Waals surface area contributed by atoms with Gasteiger partial charge in [0.2, 0.25) is 0 Å². The molecule has 3 rings (SSSR count). The van der Waals surface area contributed by atoms with Crippen LogP contribution in [0, 0.1) is 0 Å². The number of carbonyl (C=O) groups excluding carboxylic acids is 1. The van der Waals surface area contributed by atoms with E-state index in [1.807, 2.05) is 40.8 Å². The molecule has 1 fully saturated rings. The van der Waals surface area contributed by atoms with E-state index >= 15 is 0 Å². The van der Waals surface area contributed by atoms with Crippen molar-refractivity contribution < 1.29 is 9.53 Å². The number of rotatable bonds is 2. The Labute approximate surface area is 159 Å². The second-order valence-electron chi connectivity index (χ2n) is 6.88. The van der Waals surface area contributed by atoms with Crippen LogP contribution in [0.2, 0.25) is 0 Å². The smallest absolute Gasteiger partial charge is 0.410 e. The molecular weight excluding hydrogens is 348 g/mol. The fraction of sp³-hybridized carbons (Fsp3) is 0.579. The van der Waals surface area contributed by atoms with Crippen LogP contribution in [0.3, 0.4) is 0 Å². The van der Waals surface area contributed by atoms with Gasteiger partial charge in [-0.3, -0.25) is 0 Å². The molecule has 2 aromatic rings. The fourth-order valence-electron chi connectivity index (χ4n) is 2.64. The molecule has 0 radical (unpaired) electrons. The highest BCUT2D eigenvalue weighted by Gasteiger charge is 2.28. The summed E-state index contributed by atoms with van der Waals surface area (Å²) in [5, 5.41) is 1.10. The highest BCUT2D eigenvalue weighted by atomic mass is 32.1. The molecule has 1 aliphatic heterocycles. The van der Waals surface area contributed by atoms with E-state index in [9.17, 15) is 4.79 Å². The maximum atomic E-state index is 12.1. The summed E-state index contributed by atoms with van der Waals surface area (Å²) in [6, 6.07) is 1.80. The molecule has 0 atom stereocenters. The lowest BCUT2D eigenvalue weighted by molar-refractivity contribution is 0.0205. The van der Waals surface area contributed by atoms with E-state index in [1.54, 1.807) is 34.7 Å². The van der Waals surface area contributed by atoms with Crippen LogP contribution in [-0.2, 0) is 4.74 Å². The van der Waals surface area contributed by atoms with Crippen molar-refractivity contribution in [1.82, 2.24) is 19.9 Å². The molecule has 3 heterocycles. The maximum Gasteiger partial charge on any atom is 0.410 e. The third-order valence-electron chi connectivity index (χ3n) is 3.81. The lowest BCUT2D eigenvalue weighted by Gasteiger charge is -2.32. The van der Waals surface area contributed by atoms with Crippen molar-refractivity contribution in [3.8, 4) is 10.7 Å². The van der Waals surface area contributed by atoms with Crippen LogP contribution in [0.15, 0.2) is 24.7 Å². The van der Waals surface area contributed by atoms with E-state index < -0.39 is 5.60 Å². The van der Waals surface area contributed by atoms with Crippen molar-refractivity contribution in [2.75, 3.05) is 13.1 Å². The van der Waals surface area contributed by atoms with Crippen LogP contribution in [0.5, 0.6) is 0 Å². The number of ether oxygens (including phenoxy) is 1. The first-order chi connectivity index (χ1) is 12.4. The van der Waals surface area contributed by atoms with E-state index in [0.717, 1.165) is 22.7 Å². The standard InChI is InChI=1S/C17H22N4O2S.C2H6/c1-17(2,3)23-16(22)21-9-5-12(6-10-21)15-20-11-13(24-15)14-18-7-4-8-19-14;1-2/h4,7-8,11-12H,5-6,9-10H2,1-3H3;1-2H3. The van der Waals surface area contributed by atoms with Gasteiger partial charge in [0, 0.05) is 37.6 Å². The number of hydrogen-bond donors (Lipinski definition) is 0. The number of thiazole rings is 1. The largest absolute Gasteiger partial charge is 0.444 e. The summed E-state index contributed by atoms with van der Waals surface area (Å²) in [5.74, 6) is 1.10. The normalized spacial score (nSPS) is 15.2. The number of likely N-dealkylation sites (tertiary alicyclic amines) is 1. The maximum absolute atomic E-state index is 12.1. The Morgan fingerprint density at radius 2 is 1.77 bits per heavy atom. The first-order valence-electron chi connectivity index (χ1n) is 9.13. The Kier molecular flexibility index (Phi) is 7.08. The van der Waals surface area contributed by atoms with E-state index in [4.69, 9.17) is 4.74 Å². The third kappa shape index (κ3) is 5.49. The quantitative estimate of drug-likeness (QED) is 0.757. The summed E-state index contributed by atoms with van der Waals surface area (Å²) in [4.78, 5) is 28.0. The minimum atomic E-state index is -0.451. The summed E-state index contributed by atoms with van der Waals surface area (Å²) in [6.07, 6.45) is 6.90. The highest BCUT2D eigenvalue weighted by molar-refractivity contribution is 7.15. The first-order valence-corrected chi connectivity index (χ1v) is 9.95.